The van der Waals surface area contributed by atoms with Crippen LogP contribution in [0.5, 0.6) is 0 Å². The van der Waals surface area contributed by atoms with Gasteiger partial charge >= 0.3 is 0 Å². The highest BCUT2D eigenvalue weighted by Crippen LogP contribution is 2.10. The van der Waals surface area contributed by atoms with Gasteiger partial charge in [-0.25, -0.2) is 0 Å². The third-order valence-corrected chi connectivity index (χ3v) is 4.13. The first-order valence-corrected chi connectivity index (χ1v) is 7.21. The Morgan fingerprint density at radius 1 is 1.29 bits per heavy atom. The molecule has 0 unspecified atom stereocenters. The number of hydrogen-bond acceptors (Lipinski definition) is 1. The van der Waals surface area contributed by atoms with E-state index in [1.54, 1.807) is 4.90 Å². The van der Waals surface area contributed by atoms with Gasteiger partial charge < -0.3 is 10.2 Å². The average molecular weight is 345 g/mol. The molecular formula is C13H18IN2O+. The summed E-state index contributed by atoms with van der Waals surface area (Å²) in [6.07, 6.45) is 2.67. The molecule has 0 spiro atoms. The number of carbonyl (C=O) groups excluding carboxylic acids is 1. The fourth-order valence-electron chi connectivity index (χ4n) is 2.22. The predicted molar refractivity (Wildman–Crippen MR) is 76.3 cm³/mol. The van der Waals surface area contributed by atoms with E-state index >= 15 is 0 Å². The van der Waals surface area contributed by atoms with Crippen molar-refractivity contribution in [3.05, 3.63) is 33.4 Å². The number of hydrogen-bond donors (Lipinski definition) is 2. The predicted octanol–water partition coefficient (Wildman–Crippen LogP) is 0.700. The molecule has 4 heteroatoms. The lowest BCUT2D eigenvalue weighted by Gasteiger charge is -2.12. The number of quaternary nitrogens is 1. The van der Waals surface area contributed by atoms with Crippen LogP contribution >= 0.6 is 22.6 Å². The molecule has 1 saturated heterocycles. The molecule has 1 amide bonds. The standard InChI is InChI=1S/C13H17IN2O/c14-12-6-2-1-5-11(12)13(17)15-7-10-16-8-3-4-9-16/h1-2,5-6H,3-4,7-10H2,(H,15,17)/p+1. The van der Waals surface area contributed by atoms with Gasteiger partial charge in [-0.05, 0) is 34.7 Å². The highest BCUT2D eigenvalue weighted by molar-refractivity contribution is 14.1. The summed E-state index contributed by atoms with van der Waals surface area (Å²) < 4.78 is 1.01. The van der Waals surface area contributed by atoms with Gasteiger partial charge in [0.25, 0.3) is 5.91 Å². The molecule has 2 rings (SSSR count). The first-order chi connectivity index (χ1) is 8.27. The second-order valence-electron chi connectivity index (χ2n) is 4.44. The van der Waals surface area contributed by atoms with E-state index in [1.165, 1.54) is 25.9 Å². The molecule has 0 radical (unpaired) electrons. The summed E-state index contributed by atoms with van der Waals surface area (Å²) in [6.45, 7) is 4.35. The first kappa shape index (κ1) is 12.8. The van der Waals surface area contributed by atoms with Gasteiger partial charge in [0.15, 0.2) is 0 Å². The molecule has 1 aliphatic rings. The Labute approximate surface area is 116 Å². The molecule has 1 aliphatic heterocycles. The van der Waals surface area contributed by atoms with Crippen LogP contribution in [0, 0.1) is 3.57 Å². The van der Waals surface area contributed by atoms with Crippen LogP contribution in [0.2, 0.25) is 0 Å². The molecule has 17 heavy (non-hydrogen) atoms. The van der Waals surface area contributed by atoms with Crippen molar-refractivity contribution in [2.75, 3.05) is 26.2 Å². The summed E-state index contributed by atoms with van der Waals surface area (Å²) in [6, 6.07) is 7.69. The molecule has 0 saturated carbocycles. The Morgan fingerprint density at radius 3 is 2.71 bits per heavy atom. The van der Waals surface area contributed by atoms with Crippen LogP contribution in [0.15, 0.2) is 24.3 Å². The lowest BCUT2D eigenvalue weighted by atomic mass is 10.2. The molecule has 92 valence electrons. The normalized spacial score (nSPS) is 16.1. The maximum atomic E-state index is 11.9. The Kier molecular flexibility index (Phi) is 4.79. The quantitative estimate of drug-likeness (QED) is 0.774. The summed E-state index contributed by atoms with van der Waals surface area (Å²) in [7, 11) is 0. The minimum absolute atomic E-state index is 0.0496. The lowest BCUT2D eigenvalue weighted by Crippen LogP contribution is -3.10. The van der Waals surface area contributed by atoms with Crippen LogP contribution in [-0.4, -0.2) is 32.1 Å². The van der Waals surface area contributed by atoms with E-state index in [1.807, 2.05) is 24.3 Å². The van der Waals surface area contributed by atoms with E-state index in [9.17, 15) is 4.79 Å². The van der Waals surface area contributed by atoms with Crippen LogP contribution in [0.4, 0.5) is 0 Å². The van der Waals surface area contributed by atoms with Crippen LogP contribution in [0.25, 0.3) is 0 Å². The fourth-order valence-corrected chi connectivity index (χ4v) is 2.85. The second-order valence-corrected chi connectivity index (χ2v) is 5.61. The molecule has 0 aliphatic carbocycles. The molecular weight excluding hydrogens is 327 g/mol. The summed E-state index contributed by atoms with van der Waals surface area (Å²) >= 11 is 2.20. The van der Waals surface area contributed by atoms with Gasteiger partial charge in [-0.1, -0.05) is 12.1 Å². The van der Waals surface area contributed by atoms with Gasteiger partial charge in [-0.2, -0.15) is 0 Å². The Balaban J connectivity index is 1.79. The minimum atomic E-state index is 0.0496. The zero-order valence-electron chi connectivity index (χ0n) is 9.84. The van der Waals surface area contributed by atoms with Crippen LogP contribution in [-0.2, 0) is 0 Å². The molecule has 2 N–H and O–H groups in total. The Morgan fingerprint density at radius 2 is 2.00 bits per heavy atom. The number of halogens is 1. The van der Waals surface area contributed by atoms with Gasteiger partial charge in [0.1, 0.15) is 0 Å². The van der Waals surface area contributed by atoms with Crippen molar-refractivity contribution in [1.29, 1.82) is 0 Å². The molecule has 1 heterocycles. The highest BCUT2D eigenvalue weighted by Gasteiger charge is 2.15. The minimum Gasteiger partial charge on any atom is -0.346 e. The Hall–Kier alpha value is -0.620. The molecule has 1 aromatic carbocycles. The van der Waals surface area contributed by atoms with Crippen molar-refractivity contribution in [1.82, 2.24) is 5.32 Å². The van der Waals surface area contributed by atoms with Crippen molar-refractivity contribution in [2.24, 2.45) is 0 Å². The second kappa shape index (κ2) is 6.35. The van der Waals surface area contributed by atoms with E-state index in [2.05, 4.69) is 27.9 Å². The van der Waals surface area contributed by atoms with Gasteiger partial charge in [-0.3, -0.25) is 4.79 Å². The molecule has 1 fully saturated rings. The van der Waals surface area contributed by atoms with E-state index in [0.29, 0.717) is 0 Å². The average Bonchev–Trinajstić information content (AvgIpc) is 2.82. The zero-order valence-corrected chi connectivity index (χ0v) is 12.0. The SMILES string of the molecule is O=C(NCC[NH+]1CCCC1)c1ccccc1I. The van der Waals surface area contributed by atoms with Gasteiger partial charge in [0.05, 0.1) is 31.7 Å². The van der Waals surface area contributed by atoms with Crippen molar-refractivity contribution < 1.29 is 9.69 Å². The topological polar surface area (TPSA) is 33.5 Å². The van der Waals surface area contributed by atoms with Crippen molar-refractivity contribution in [3.8, 4) is 0 Å². The van der Waals surface area contributed by atoms with E-state index in [-0.39, 0.29) is 5.91 Å². The van der Waals surface area contributed by atoms with Gasteiger partial charge in [0, 0.05) is 16.4 Å². The molecule has 3 nitrogen and oxygen atoms in total. The van der Waals surface area contributed by atoms with E-state index < -0.39 is 0 Å². The molecule has 0 aromatic heterocycles. The van der Waals surface area contributed by atoms with Gasteiger partial charge in [-0.15, -0.1) is 0 Å². The number of rotatable bonds is 4. The zero-order chi connectivity index (χ0) is 12.1. The first-order valence-electron chi connectivity index (χ1n) is 6.13. The molecule has 1 aromatic rings. The molecule has 0 bridgehead atoms. The third kappa shape index (κ3) is 3.67. The highest BCUT2D eigenvalue weighted by atomic mass is 127. The summed E-state index contributed by atoms with van der Waals surface area (Å²) in [5.74, 6) is 0.0496. The summed E-state index contributed by atoms with van der Waals surface area (Å²) in [5.41, 5.74) is 0.782. The Bertz CT molecular complexity index is 389. The number of amides is 1. The van der Waals surface area contributed by atoms with Gasteiger partial charge in [0.2, 0.25) is 0 Å². The summed E-state index contributed by atoms with van der Waals surface area (Å²) in [4.78, 5) is 13.5. The van der Waals surface area contributed by atoms with Crippen LogP contribution in [0.3, 0.4) is 0 Å². The maximum Gasteiger partial charge on any atom is 0.252 e. The number of carbonyl (C=O) groups is 1. The third-order valence-electron chi connectivity index (χ3n) is 3.19. The van der Waals surface area contributed by atoms with Crippen molar-refractivity contribution in [3.63, 3.8) is 0 Å². The van der Waals surface area contributed by atoms with Crippen LogP contribution < -0.4 is 10.2 Å². The lowest BCUT2D eigenvalue weighted by molar-refractivity contribution is -0.886. The van der Waals surface area contributed by atoms with E-state index in [0.717, 1.165) is 22.2 Å². The number of benzene rings is 1. The van der Waals surface area contributed by atoms with Crippen molar-refractivity contribution >= 4 is 28.5 Å². The van der Waals surface area contributed by atoms with Crippen LogP contribution in [0.1, 0.15) is 23.2 Å². The van der Waals surface area contributed by atoms with E-state index in [4.69, 9.17) is 0 Å². The maximum absolute atomic E-state index is 11.9. The van der Waals surface area contributed by atoms with Crippen molar-refractivity contribution in [2.45, 2.75) is 12.8 Å². The number of likely N-dealkylation sites (tertiary alicyclic amines) is 1. The summed E-state index contributed by atoms with van der Waals surface area (Å²) in [5, 5.41) is 3.00. The monoisotopic (exact) mass is 345 g/mol. The number of nitrogens with one attached hydrogen (secondary N) is 2. The fraction of sp³-hybridized carbons (Fsp3) is 0.462. The molecule has 0 atom stereocenters. The smallest absolute Gasteiger partial charge is 0.252 e. The largest absolute Gasteiger partial charge is 0.346 e.